The first-order chi connectivity index (χ1) is 13.7. The largest absolute Gasteiger partial charge is 0.317 e. The zero-order valence-corrected chi connectivity index (χ0v) is 15.9. The van der Waals surface area contributed by atoms with Crippen molar-refractivity contribution in [1.29, 1.82) is 0 Å². The van der Waals surface area contributed by atoms with Crippen molar-refractivity contribution in [2.45, 2.75) is 6.92 Å². The van der Waals surface area contributed by atoms with Crippen molar-refractivity contribution < 1.29 is 0 Å². The van der Waals surface area contributed by atoms with Crippen LogP contribution in [0.2, 0.25) is 0 Å². The van der Waals surface area contributed by atoms with E-state index in [1.807, 2.05) is 0 Å². The highest BCUT2D eigenvalue weighted by Gasteiger charge is 2.20. The van der Waals surface area contributed by atoms with E-state index in [1.165, 1.54) is 33.0 Å². The summed E-state index contributed by atoms with van der Waals surface area (Å²) >= 11 is 0. The second-order valence-electron chi connectivity index (χ2n) is 7.27. The maximum Gasteiger partial charge on any atom is 0.0540 e. The van der Waals surface area contributed by atoms with Gasteiger partial charge in [0.05, 0.1) is 5.69 Å². The van der Waals surface area contributed by atoms with Gasteiger partial charge in [0, 0.05) is 17.5 Å². The molecule has 1 heteroatoms. The van der Waals surface area contributed by atoms with E-state index in [4.69, 9.17) is 0 Å². The van der Waals surface area contributed by atoms with Crippen LogP contribution in [0.5, 0.6) is 0 Å². The van der Waals surface area contributed by atoms with Gasteiger partial charge in [0.15, 0.2) is 0 Å². The molecule has 0 saturated heterocycles. The monoisotopic (exact) mass is 359 g/mol. The average molecular weight is 359 g/mol. The van der Waals surface area contributed by atoms with E-state index in [0.717, 1.165) is 16.9 Å². The van der Waals surface area contributed by atoms with Crippen LogP contribution in [-0.2, 0) is 0 Å². The molecule has 0 atom stereocenters. The summed E-state index contributed by atoms with van der Waals surface area (Å²) in [6.07, 6.45) is 4.35. The molecule has 0 bridgehead atoms. The van der Waals surface area contributed by atoms with Gasteiger partial charge in [-0.2, -0.15) is 0 Å². The lowest BCUT2D eigenvalue weighted by atomic mass is 9.89. The van der Waals surface area contributed by atoms with Crippen molar-refractivity contribution >= 4 is 33.8 Å². The van der Waals surface area contributed by atoms with E-state index in [0.29, 0.717) is 0 Å². The first-order valence-corrected chi connectivity index (χ1v) is 9.57. The molecule has 4 aromatic rings. The number of hydrogen-bond acceptors (Lipinski definition) is 1. The Morgan fingerprint density at radius 2 is 1.50 bits per heavy atom. The molecule has 5 rings (SSSR count). The summed E-state index contributed by atoms with van der Waals surface area (Å²) in [7, 11) is 0. The molecule has 1 nitrogen and oxygen atoms in total. The molecule has 134 valence electrons. The molecule has 0 spiro atoms. The van der Waals surface area contributed by atoms with Gasteiger partial charge in [-0.15, -0.1) is 0 Å². The third kappa shape index (κ3) is 2.64. The molecule has 0 aliphatic carbocycles. The van der Waals surface area contributed by atoms with Crippen LogP contribution in [0.15, 0.2) is 97.7 Å². The van der Waals surface area contributed by atoms with Gasteiger partial charge in [0.2, 0.25) is 0 Å². The van der Waals surface area contributed by atoms with Crippen molar-refractivity contribution in [1.82, 2.24) is 0 Å². The van der Waals surface area contributed by atoms with Crippen molar-refractivity contribution in [3.8, 4) is 0 Å². The van der Waals surface area contributed by atoms with Crippen LogP contribution in [-0.4, -0.2) is 0 Å². The van der Waals surface area contributed by atoms with Gasteiger partial charge < -0.3 is 4.90 Å². The Hall–Kier alpha value is -3.58. The summed E-state index contributed by atoms with van der Waals surface area (Å²) in [6, 6.07) is 30.1. The van der Waals surface area contributed by atoms with Crippen LogP contribution in [0.4, 0.5) is 11.4 Å². The Bertz CT molecular complexity index is 1230. The van der Waals surface area contributed by atoms with E-state index >= 15 is 0 Å². The maximum absolute atomic E-state index is 4.53. The molecule has 1 aliphatic heterocycles. The summed E-state index contributed by atoms with van der Waals surface area (Å²) in [5.41, 5.74) is 8.17. The first-order valence-electron chi connectivity index (χ1n) is 9.57. The average Bonchev–Trinajstić information content (AvgIpc) is 2.73. The Morgan fingerprint density at radius 1 is 0.750 bits per heavy atom. The lowest BCUT2D eigenvalue weighted by Crippen LogP contribution is -2.13. The van der Waals surface area contributed by atoms with Crippen LogP contribution >= 0.6 is 0 Å². The van der Waals surface area contributed by atoms with Gasteiger partial charge in [-0.05, 0) is 58.7 Å². The SMILES string of the molecule is C=C1c2ccccc2/C=C\N(c2ccc(C)cc2)c2ccc3ccccc3c21. The van der Waals surface area contributed by atoms with Crippen molar-refractivity contribution in [2.75, 3.05) is 4.90 Å². The van der Waals surface area contributed by atoms with Crippen molar-refractivity contribution in [3.63, 3.8) is 0 Å². The van der Waals surface area contributed by atoms with E-state index in [2.05, 4.69) is 116 Å². The third-order valence-corrected chi connectivity index (χ3v) is 5.47. The number of aryl methyl sites for hydroxylation is 1. The predicted molar refractivity (Wildman–Crippen MR) is 121 cm³/mol. The Kier molecular flexibility index (Phi) is 3.87. The number of benzene rings is 4. The smallest absolute Gasteiger partial charge is 0.0540 e. The molecule has 0 aromatic heterocycles. The van der Waals surface area contributed by atoms with E-state index < -0.39 is 0 Å². The molecule has 28 heavy (non-hydrogen) atoms. The van der Waals surface area contributed by atoms with Gasteiger partial charge in [-0.25, -0.2) is 0 Å². The van der Waals surface area contributed by atoms with Gasteiger partial charge in [0.25, 0.3) is 0 Å². The fourth-order valence-corrected chi connectivity index (χ4v) is 4.00. The number of rotatable bonds is 1. The molecule has 0 saturated carbocycles. The van der Waals surface area contributed by atoms with E-state index in [-0.39, 0.29) is 0 Å². The predicted octanol–water partition coefficient (Wildman–Crippen LogP) is 7.33. The summed E-state index contributed by atoms with van der Waals surface area (Å²) in [5.74, 6) is 0. The van der Waals surface area contributed by atoms with Crippen LogP contribution < -0.4 is 4.90 Å². The fraction of sp³-hybridized carbons (Fsp3) is 0.0370. The Balaban J connectivity index is 1.85. The minimum atomic E-state index is 1.06. The Morgan fingerprint density at radius 3 is 2.36 bits per heavy atom. The first kappa shape index (κ1) is 16.6. The standard InChI is InChI=1S/C27H21N/c1-19-11-14-23(15-12-19)28-18-17-22-8-3-5-9-24(22)20(2)27-25-10-6-4-7-21(25)13-16-26(27)28/h3-18H,2H2,1H3/b18-17-. The summed E-state index contributed by atoms with van der Waals surface area (Å²) in [4.78, 5) is 2.27. The minimum absolute atomic E-state index is 1.06. The number of fused-ring (bicyclic) bond motifs is 4. The van der Waals surface area contributed by atoms with E-state index in [9.17, 15) is 0 Å². The van der Waals surface area contributed by atoms with Crippen molar-refractivity contribution in [2.24, 2.45) is 0 Å². The molecule has 0 unspecified atom stereocenters. The number of anilines is 2. The summed E-state index contributed by atoms with van der Waals surface area (Å²) in [6.45, 7) is 6.65. The molecule has 0 radical (unpaired) electrons. The number of nitrogens with zero attached hydrogens (tertiary/aromatic N) is 1. The molecule has 4 aromatic carbocycles. The quantitative estimate of drug-likeness (QED) is 0.344. The molecule has 1 aliphatic rings. The molecule has 0 amide bonds. The molecular weight excluding hydrogens is 338 g/mol. The topological polar surface area (TPSA) is 3.24 Å². The molecule has 0 N–H and O–H groups in total. The van der Waals surface area contributed by atoms with Crippen LogP contribution in [0.25, 0.3) is 22.4 Å². The lowest BCUT2D eigenvalue weighted by molar-refractivity contribution is 1.27. The minimum Gasteiger partial charge on any atom is -0.317 e. The van der Waals surface area contributed by atoms with Gasteiger partial charge in [-0.1, -0.05) is 78.9 Å². The summed E-state index contributed by atoms with van der Waals surface area (Å²) in [5, 5.41) is 2.46. The third-order valence-electron chi connectivity index (χ3n) is 5.47. The zero-order valence-electron chi connectivity index (χ0n) is 15.9. The van der Waals surface area contributed by atoms with Gasteiger partial charge >= 0.3 is 0 Å². The van der Waals surface area contributed by atoms with Crippen LogP contribution in [0.1, 0.15) is 22.3 Å². The summed E-state index contributed by atoms with van der Waals surface area (Å²) < 4.78 is 0. The zero-order chi connectivity index (χ0) is 19.1. The molecular formula is C27H21N. The second kappa shape index (κ2) is 6.54. The van der Waals surface area contributed by atoms with Gasteiger partial charge in [-0.3, -0.25) is 0 Å². The highest BCUT2D eigenvalue weighted by Crippen LogP contribution is 2.42. The molecule has 1 heterocycles. The second-order valence-corrected chi connectivity index (χ2v) is 7.27. The van der Waals surface area contributed by atoms with Gasteiger partial charge in [0.1, 0.15) is 0 Å². The number of hydrogen-bond donors (Lipinski definition) is 0. The fourth-order valence-electron chi connectivity index (χ4n) is 4.00. The Labute approximate surface area is 165 Å². The lowest BCUT2D eigenvalue weighted by Gasteiger charge is -2.28. The van der Waals surface area contributed by atoms with E-state index in [1.54, 1.807) is 0 Å². The maximum atomic E-state index is 4.53. The molecule has 0 fully saturated rings. The highest BCUT2D eigenvalue weighted by molar-refractivity contribution is 6.05. The van der Waals surface area contributed by atoms with Crippen LogP contribution in [0.3, 0.4) is 0 Å². The van der Waals surface area contributed by atoms with Crippen molar-refractivity contribution in [3.05, 3.63) is 120 Å². The highest BCUT2D eigenvalue weighted by atomic mass is 15.1. The normalized spacial score (nSPS) is 14.2. The van der Waals surface area contributed by atoms with Crippen LogP contribution in [0, 0.1) is 6.92 Å².